The highest BCUT2D eigenvalue weighted by Crippen LogP contribution is 2.02. The predicted molar refractivity (Wildman–Crippen MR) is 82.0 cm³/mol. The Labute approximate surface area is 132 Å². The Morgan fingerprint density at radius 2 is 1.82 bits per heavy atom. The van der Waals surface area contributed by atoms with Crippen molar-refractivity contribution in [2.24, 2.45) is 11.5 Å². The van der Waals surface area contributed by atoms with Crippen LogP contribution in [-0.4, -0.2) is 59.4 Å². The molecule has 0 aromatic heterocycles. The SMILES string of the molecule is CSCC[C@H](N)C(=O)N[C@@H](CCC(N)=O)C(=O)NCC(=O)O. The van der Waals surface area contributed by atoms with Gasteiger partial charge in [0.25, 0.3) is 0 Å². The number of carboxylic acids is 1. The van der Waals surface area contributed by atoms with E-state index >= 15 is 0 Å². The van der Waals surface area contributed by atoms with Crippen LogP contribution in [0.5, 0.6) is 0 Å². The zero-order chi connectivity index (χ0) is 17.1. The van der Waals surface area contributed by atoms with Crippen molar-refractivity contribution in [2.75, 3.05) is 18.6 Å². The van der Waals surface area contributed by atoms with Crippen LogP contribution < -0.4 is 22.1 Å². The highest BCUT2D eigenvalue weighted by atomic mass is 32.2. The van der Waals surface area contributed by atoms with E-state index in [4.69, 9.17) is 16.6 Å². The van der Waals surface area contributed by atoms with Crippen molar-refractivity contribution >= 4 is 35.5 Å². The second-order valence-electron chi connectivity index (χ2n) is 4.57. The number of carbonyl (C=O) groups excluding carboxylic acids is 3. The molecule has 0 spiro atoms. The van der Waals surface area contributed by atoms with Crippen molar-refractivity contribution in [3.63, 3.8) is 0 Å². The average molecular weight is 334 g/mol. The Balaban J connectivity index is 4.62. The van der Waals surface area contributed by atoms with Crippen molar-refractivity contribution in [1.82, 2.24) is 10.6 Å². The van der Waals surface area contributed by atoms with Gasteiger partial charge in [0.15, 0.2) is 0 Å². The highest BCUT2D eigenvalue weighted by Gasteiger charge is 2.24. The van der Waals surface area contributed by atoms with Crippen molar-refractivity contribution in [3.05, 3.63) is 0 Å². The van der Waals surface area contributed by atoms with Crippen molar-refractivity contribution in [1.29, 1.82) is 0 Å². The fourth-order valence-corrected chi connectivity index (χ4v) is 1.99. The van der Waals surface area contributed by atoms with E-state index in [9.17, 15) is 19.2 Å². The van der Waals surface area contributed by atoms with Gasteiger partial charge in [-0.3, -0.25) is 19.2 Å². The number of aliphatic carboxylic acids is 1. The minimum Gasteiger partial charge on any atom is -0.480 e. The summed E-state index contributed by atoms with van der Waals surface area (Å²) in [6.07, 6.45) is 2.17. The van der Waals surface area contributed by atoms with Gasteiger partial charge in [0.2, 0.25) is 17.7 Å². The number of thioether (sulfide) groups is 1. The molecule has 0 radical (unpaired) electrons. The van der Waals surface area contributed by atoms with Crippen LogP contribution >= 0.6 is 11.8 Å². The minimum atomic E-state index is -1.22. The van der Waals surface area contributed by atoms with E-state index in [1.165, 1.54) is 11.8 Å². The third-order valence-electron chi connectivity index (χ3n) is 2.70. The van der Waals surface area contributed by atoms with E-state index in [1.807, 2.05) is 6.26 Å². The van der Waals surface area contributed by atoms with Gasteiger partial charge in [-0.25, -0.2) is 0 Å². The summed E-state index contributed by atoms with van der Waals surface area (Å²) >= 11 is 1.53. The highest BCUT2D eigenvalue weighted by molar-refractivity contribution is 7.98. The first kappa shape index (κ1) is 20.2. The number of carboxylic acid groups (broad SMARTS) is 1. The maximum Gasteiger partial charge on any atom is 0.322 e. The van der Waals surface area contributed by atoms with E-state index in [0.717, 1.165) is 0 Å². The van der Waals surface area contributed by atoms with Crippen LogP contribution in [0.25, 0.3) is 0 Å². The molecule has 7 N–H and O–H groups in total. The fourth-order valence-electron chi connectivity index (χ4n) is 1.50. The monoisotopic (exact) mass is 334 g/mol. The molecule has 0 aromatic carbocycles. The van der Waals surface area contributed by atoms with Gasteiger partial charge in [0.1, 0.15) is 12.6 Å². The van der Waals surface area contributed by atoms with Crippen molar-refractivity contribution < 1.29 is 24.3 Å². The summed E-state index contributed by atoms with van der Waals surface area (Å²) in [5.41, 5.74) is 10.7. The van der Waals surface area contributed by atoms with E-state index in [2.05, 4.69) is 10.6 Å². The maximum absolute atomic E-state index is 11.9. The molecule has 0 bridgehead atoms. The summed E-state index contributed by atoms with van der Waals surface area (Å²) in [5.74, 6) is -2.39. The quantitative estimate of drug-likeness (QED) is 0.292. The largest absolute Gasteiger partial charge is 0.480 e. The summed E-state index contributed by atoms with van der Waals surface area (Å²) in [7, 11) is 0. The van der Waals surface area contributed by atoms with E-state index in [0.29, 0.717) is 12.2 Å². The van der Waals surface area contributed by atoms with Crippen LogP contribution in [0, 0.1) is 0 Å². The third-order valence-corrected chi connectivity index (χ3v) is 3.34. The number of primary amides is 1. The zero-order valence-corrected chi connectivity index (χ0v) is 13.1. The van der Waals surface area contributed by atoms with Crippen LogP contribution in [0.3, 0.4) is 0 Å². The van der Waals surface area contributed by atoms with Crippen molar-refractivity contribution in [2.45, 2.75) is 31.3 Å². The summed E-state index contributed by atoms with van der Waals surface area (Å²) in [5, 5.41) is 13.1. The molecule has 0 heterocycles. The summed E-state index contributed by atoms with van der Waals surface area (Å²) in [6.45, 7) is -0.583. The van der Waals surface area contributed by atoms with Gasteiger partial charge in [-0.1, -0.05) is 0 Å². The van der Waals surface area contributed by atoms with Gasteiger partial charge in [-0.15, -0.1) is 0 Å². The first-order valence-corrected chi connectivity index (χ1v) is 8.00. The van der Waals surface area contributed by atoms with Crippen LogP contribution in [-0.2, 0) is 19.2 Å². The zero-order valence-electron chi connectivity index (χ0n) is 12.3. The Kier molecular flexibility index (Phi) is 9.96. The summed E-state index contributed by atoms with van der Waals surface area (Å²) in [4.78, 5) is 45.0. The number of nitrogens with two attached hydrogens (primary N) is 2. The van der Waals surface area contributed by atoms with Crippen LogP contribution in [0.1, 0.15) is 19.3 Å². The molecule has 2 atom stereocenters. The molecule has 0 aliphatic rings. The molecule has 10 heteroatoms. The third kappa shape index (κ3) is 9.19. The lowest BCUT2D eigenvalue weighted by molar-refractivity contribution is -0.138. The minimum absolute atomic E-state index is 0.0260. The van der Waals surface area contributed by atoms with Crippen LogP contribution in [0.4, 0.5) is 0 Å². The van der Waals surface area contributed by atoms with Gasteiger partial charge in [-0.2, -0.15) is 11.8 Å². The van der Waals surface area contributed by atoms with Gasteiger partial charge in [-0.05, 0) is 24.9 Å². The smallest absolute Gasteiger partial charge is 0.322 e. The Hall–Kier alpha value is -1.81. The number of amides is 3. The number of rotatable bonds is 11. The molecule has 0 fully saturated rings. The van der Waals surface area contributed by atoms with Gasteiger partial charge in [0.05, 0.1) is 6.04 Å². The van der Waals surface area contributed by atoms with Gasteiger partial charge >= 0.3 is 5.97 Å². The molecule has 0 rings (SSSR count). The van der Waals surface area contributed by atoms with Crippen molar-refractivity contribution in [3.8, 4) is 0 Å². The molecule has 0 aliphatic heterocycles. The molecule has 126 valence electrons. The van der Waals surface area contributed by atoms with Crippen LogP contribution in [0.15, 0.2) is 0 Å². The average Bonchev–Trinajstić information content (AvgIpc) is 2.45. The van der Waals surface area contributed by atoms with Crippen LogP contribution in [0.2, 0.25) is 0 Å². The standard InChI is InChI=1S/C12H22N4O5S/c1-22-5-4-7(13)11(20)16-8(2-3-9(14)17)12(21)15-6-10(18)19/h7-8H,2-6,13H2,1H3,(H2,14,17)(H,15,21)(H,16,20)(H,18,19)/t7-,8-/m0/s1. The maximum atomic E-state index is 11.9. The topological polar surface area (TPSA) is 165 Å². The number of nitrogens with one attached hydrogen (secondary N) is 2. The molecular weight excluding hydrogens is 312 g/mol. The fraction of sp³-hybridized carbons (Fsp3) is 0.667. The lowest BCUT2D eigenvalue weighted by Gasteiger charge is -2.19. The number of hydrogen-bond acceptors (Lipinski definition) is 6. The molecular formula is C12H22N4O5S. The molecule has 22 heavy (non-hydrogen) atoms. The lowest BCUT2D eigenvalue weighted by Crippen LogP contribution is -2.52. The summed E-state index contributed by atoms with van der Waals surface area (Å²) in [6, 6.07) is -1.84. The van der Waals surface area contributed by atoms with Gasteiger partial charge < -0.3 is 27.2 Å². The molecule has 0 saturated heterocycles. The normalized spacial score (nSPS) is 13.0. The predicted octanol–water partition coefficient (Wildman–Crippen LogP) is -1.98. The second kappa shape index (κ2) is 10.9. The first-order valence-electron chi connectivity index (χ1n) is 6.60. The Morgan fingerprint density at radius 1 is 1.18 bits per heavy atom. The van der Waals surface area contributed by atoms with E-state index in [1.54, 1.807) is 0 Å². The Bertz CT molecular complexity index is 418. The second-order valence-corrected chi connectivity index (χ2v) is 5.55. The molecule has 9 nitrogen and oxygen atoms in total. The number of hydrogen-bond donors (Lipinski definition) is 5. The summed E-state index contributed by atoms with van der Waals surface area (Å²) < 4.78 is 0. The van der Waals surface area contributed by atoms with E-state index < -0.39 is 42.3 Å². The molecule has 0 aromatic rings. The van der Waals surface area contributed by atoms with Gasteiger partial charge in [0, 0.05) is 6.42 Å². The Morgan fingerprint density at radius 3 is 2.32 bits per heavy atom. The first-order chi connectivity index (χ1) is 10.3. The molecule has 0 unspecified atom stereocenters. The lowest BCUT2D eigenvalue weighted by atomic mass is 10.1. The molecule has 0 aliphatic carbocycles. The molecule has 0 saturated carbocycles. The number of carbonyl (C=O) groups is 4. The van der Waals surface area contributed by atoms with E-state index in [-0.39, 0.29) is 12.8 Å². The molecule has 3 amide bonds.